The molecular formula is C41H33N5O. The SMILES string of the molecule is CC(C)c1cccc(C(C)C)c1-c1cccc2c1c1ccc(Oc3ccc4c5cnccc5n5ccnc5c4c3)cc1c1nccn21. The van der Waals surface area contributed by atoms with Crippen molar-refractivity contribution >= 4 is 54.6 Å². The van der Waals surface area contributed by atoms with E-state index in [1.807, 2.05) is 43.1 Å². The molecule has 6 nitrogen and oxygen atoms in total. The van der Waals surface area contributed by atoms with Gasteiger partial charge in [0.05, 0.1) is 11.0 Å². The predicted octanol–water partition coefficient (Wildman–Crippen LogP) is 10.7. The van der Waals surface area contributed by atoms with E-state index >= 15 is 0 Å². The fourth-order valence-corrected chi connectivity index (χ4v) is 7.43. The minimum atomic E-state index is 0.390. The lowest BCUT2D eigenvalue weighted by atomic mass is 9.83. The molecule has 0 bridgehead atoms. The van der Waals surface area contributed by atoms with Crippen LogP contribution < -0.4 is 4.74 Å². The van der Waals surface area contributed by atoms with Crippen LogP contribution in [0, 0.1) is 0 Å². The van der Waals surface area contributed by atoms with E-state index in [0.29, 0.717) is 11.8 Å². The largest absolute Gasteiger partial charge is 0.457 e. The second-order valence-corrected chi connectivity index (χ2v) is 13.0. The highest BCUT2D eigenvalue weighted by molar-refractivity contribution is 6.18. The first-order valence-corrected chi connectivity index (χ1v) is 16.2. The number of benzene rings is 4. The number of fused-ring (bicyclic) bond motifs is 12. The van der Waals surface area contributed by atoms with Gasteiger partial charge in [-0.05, 0) is 93.4 Å². The molecule has 47 heavy (non-hydrogen) atoms. The van der Waals surface area contributed by atoms with Crippen LogP contribution in [0.3, 0.4) is 0 Å². The third kappa shape index (κ3) is 4.14. The van der Waals surface area contributed by atoms with Crippen molar-refractivity contribution in [1.29, 1.82) is 0 Å². The fourth-order valence-electron chi connectivity index (χ4n) is 7.43. The van der Waals surface area contributed by atoms with Crippen molar-refractivity contribution in [3.63, 3.8) is 0 Å². The van der Waals surface area contributed by atoms with Gasteiger partial charge in [-0.25, -0.2) is 9.97 Å². The van der Waals surface area contributed by atoms with Crippen LogP contribution in [-0.2, 0) is 0 Å². The zero-order chi connectivity index (χ0) is 31.8. The Kier molecular flexibility index (Phi) is 6.09. The van der Waals surface area contributed by atoms with Crippen molar-refractivity contribution in [2.75, 3.05) is 0 Å². The lowest BCUT2D eigenvalue weighted by Gasteiger charge is -2.22. The number of hydrogen-bond acceptors (Lipinski definition) is 4. The van der Waals surface area contributed by atoms with Gasteiger partial charge in [0, 0.05) is 58.7 Å². The van der Waals surface area contributed by atoms with Gasteiger partial charge in [0.15, 0.2) is 0 Å². The molecule has 0 aliphatic rings. The average molecular weight is 612 g/mol. The Balaban J connectivity index is 1.25. The molecule has 0 radical (unpaired) electrons. The van der Waals surface area contributed by atoms with Gasteiger partial charge in [0.2, 0.25) is 0 Å². The van der Waals surface area contributed by atoms with Crippen LogP contribution in [0.2, 0.25) is 0 Å². The maximum atomic E-state index is 6.60. The second-order valence-electron chi connectivity index (χ2n) is 13.0. The van der Waals surface area contributed by atoms with Gasteiger partial charge in [-0.1, -0.05) is 58.0 Å². The van der Waals surface area contributed by atoms with E-state index in [0.717, 1.165) is 60.8 Å². The minimum Gasteiger partial charge on any atom is -0.457 e. The van der Waals surface area contributed by atoms with Crippen molar-refractivity contribution < 1.29 is 4.74 Å². The Morgan fingerprint density at radius 1 is 0.574 bits per heavy atom. The van der Waals surface area contributed by atoms with E-state index < -0.39 is 0 Å². The van der Waals surface area contributed by atoms with E-state index in [2.05, 4.69) is 119 Å². The third-order valence-corrected chi connectivity index (χ3v) is 9.54. The van der Waals surface area contributed by atoms with E-state index in [4.69, 9.17) is 9.72 Å². The molecule has 6 heteroatoms. The Bertz CT molecular complexity index is 2650. The van der Waals surface area contributed by atoms with E-state index in [1.54, 1.807) is 0 Å². The topological polar surface area (TPSA) is 56.7 Å². The van der Waals surface area contributed by atoms with Crippen molar-refractivity contribution in [1.82, 2.24) is 23.8 Å². The summed E-state index contributed by atoms with van der Waals surface area (Å²) in [5.41, 5.74) is 9.36. The highest BCUT2D eigenvalue weighted by Gasteiger charge is 2.21. The van der Waals surface area contributed by atoms with Crippen LogP contribution in [0.4, 0.5) is 0 Å². The highest BCUT2D eigenvalue weighted by Crippen LogP contribution is 2.43. The summed E-state index contributed by atoms with van der Waals surface area (Å²) >= 11 is 0. The first-order valence-electron chi connectivity index (χ1n) is 16.2. The molecule has 9 rings (SSSR count). The number of imidazole rings is 2. The summed E-state index contributed by atoms with van der Waals surface area (Å²) in [6.45, 7) is 9.14. The first-order chi connectivity index (χ1) is 23.0. The van der Waals surface area contributed by atoms with Crippen LogP contribution in [0.5, 0.6) is 11.5 Å². The molecular weight excluding hydrogens is 578 g/mol. The molecule has 0 aliphatic heterocycles. The summed E-state index contributed by atoms with van der Waals surface area (Å²) in [4.78, 5) is 13.9. The summed E-state index contributed by atoms with van der Waals surface area (Å²) in [6, 6.07) is 28.1. The molecule has 0 amide bonds. The maximum Gasteiger partial charge on any atom is 0.145 e. The molecule has 0 spiro atoms. The van der Waals surface area contributed by atoms with Gasteiger partial charge in [-0.2, -0.15) is 0 Å². The molecule has 228 valence electrons. The summed E-state index contributed by atoms with van der Waals surface area (Å²) in [5, 5.41) is 6.63. The summed E-state index contributed by atoms with van der Waals surface area (Å²) < 4.78 is 10.9. The molecule has 0 saturated carbocycles. The smallest absolute Gasteiger partial charge is 0.145 e. The number of aromatic nitrogens is 5. The Hall–Kier alpha value is -5.75. The molecule has 9 aromatic rings. The van der Waals surface area contributed by atoms with Crippen molar-refractivity contribution in [3.8, 4) is 22.6 Å². The van der Waals surface area contributed by atoms with Crippen LogP contribution in [0.1, 0.15) is 50.7 Å². The lowest BCUT2D eigenvalue weighted by Crippen LogP contribution is -2.01. The average Bonchev–Trinajstić information content (AvgIpc) is 3.79. The number of ether oxygens (including phenoxy) is 1. The molecule has 5 aromatic heterocycles. The monoisotopic (exact) mass is 611 g/mol. The second kappa shape index (κ2) is 10.4. The van der Waals surface area contributed by atoms with Gasteiger partial charge < -0.3 is 4.74 Å². The minimum absolute atomic E-state index is 0.390. The van der Waals surface area contributed by atoms with Crippen LogP contribution in [-0.4, -0.2) is 23.8 Å². The van der Waals surface area contributed by atoms with Crippen molar-refractivity contribution in [3.05, 3.63) is 127 Å². The van der Waals surface area contributed by atoms with Crippen LogP contribution in [0.15, 0.2) is 116 Å². The molecule has 0 N–H and O–H groups in total. The summed E-state index contributed by atoms with van der Waals surface area (Å²) in [6.07, 6.45) is 11.5. The van der Waals surface area contributed by atoms with Crippen molar-refractivity contribution in [2.24, 2.45) is 0 Å². The summed E-state index contributed by atoms with van der Waals surface area (Å²) in [5.74, 6) is 2.28. The molecule has 4 aromatic carbocycles. The Morgan fingerprint density at radius 3 is 1.87 bits per heavy atom. The number of rotatable bonds is 5. The van der Waals surface area contributed by atoms with Crippen molar-refractivity contribution in [2.45, 2.75) is 39.5 Å². The standard InChI is InChI=1S/C41H33N5O/c1-24(2)28-7-5-8-29(25(3)4)38(28)32-9-6-10-37-39(32)31-14-12-27(22-34(31)41-44-18-20-46(37)41)47-26-11-13-30-33(21-26)40-43-17-19-45(40)36-15-16-42-23-35(30)36/h5-25H,1-4H3. The van der Waals surface area contributed by atoms with Gasteiger partial charge in [-0.3, -0.25) is 13.8 Å². The van der Waals surface area contributed by atoms with Gasteiger partial charge in [-0.15, -0.1) is 0 Å². The fraction of sp³-hybridized carbons (Fsp3) is 0.146. The number of nitrogens with zero attached hydrogens (tertiary/aromatic N) is 5. The van der Waals surface area contributed by atoms with E-state index in [1.165, 1.54) is 27.6 Å². The molecule has 0 atom stereocenters. The van der Waals surface area contributed by atoms with Crippen LogP contribution >= 0.6 is 0 Å². The van der Waals surface area contributed by atoms with Gasteiger partial charge in [0.25, 0.3) is 0 Å². The van der Waals surface area contributed by atoms with E-state index in [9.17, 15) is 0 Å². The first kappa shape index (κ1) is 27.6. The number of pyridine rings is 3. The quantitative estimate of drug-likeness (QED) is 0.182. The predicted molar refractivity (Wildman–Crippen MR) is 192 cm³/mol. The van der Waals surface area contributed by atoms with Gasteiger partial charge in [0.1, 0.15) is 22.8 Å². The number of hydrogen-bond donors (Lipinski definition) is 0. The molecule has 0 aliphatic carbocycles. The highest BCUT2D eigenvalue weighted by atomic mass is 16.5. The molecule has 0 fully saturated rings. The maximum absolute atomic E-state index is 6.60. The molecule has 5 heterocycles. The normalized spacial score (nSPS) is 12.2. The Labute approximate surface area is 271 Å². The Morgan fingerprint density at radius 2 is 1.19 bits per heavy atom. The lowest BCUT2D eigenvalue weighted by molar-refractivity contribution is 0.484. The van der Waals surface area contributed by atoms with Gasteiger partial charge >= 0.3 is 0 Å². The zero-order valence-corrected chi connectivity index (χ0v) is 26.8. The zero-order valence-electron chi connectivity index (χ0n) is 26.8. The third-order valence-electron chi connectivity index (χ3n) is 9.54. The summed E-state index contributed by atoms with van der Waals surface area (Å²) in [7, 11) is 0. The molecule has 0 saturated heterocycles. The molecule has 0 unspecified atom stereocenters. The van der Waals surface area contributed by atoms with Crippen LogP contribution in [0.25, 0.3) is 65.8 Å². The van der Waals surface area contributed by atoms with E-state index in [-0.39, 0.29) is 0 Å².